The molecular weight excluding hydrogens is 254 g/mol. The minimum atomic E-state index is -0.422. The zero-order chi connectivity index (χ0) is 14.5. The molecule has 1 aliphatic rings. The summed E-state index contributed by atoms with van der Waals surface area (Å²) in [6, 6.07) is 5.65. The maximum atomic E-state index is 11.8. The number of hydrogen-bond donors (Lipinski definition) is 2. The number of hydrogen-bond acceptors (Lipinski definition) is 3. The van der Waals surface area contributed by atoms with Gasteiger partial charge in [-0.25, -0.2) is 0 Å². The largest absolute Gasteiger partial charge is 0.484 e. The standard InChI is InChI=1S/C16H23NO3/c1-11-7-8-13(9-12(11)2)20-10-16(19)17-14-5-3-4-6-15(14)18/h7-9,14-15,18H,3-6,10H2,1-2H3,(H,17,19). The van der Waals surface area contributed by atoms with Crippen molar-refractivity contribution in [3.05, 3.63) is 29.3 Å². The number of aliphatic hydroxyl groups excluding tert-OH is 1. The van der Waals surface area contributed by atoms with E-state index in [1.54, 1.807) is 0 Å². The van der Waals surface area contributed by atoms with Crippen molar-refractivity contribution < 1.29 is 14.6 Å². The number of aryl methyl sites for hydroxylation is 2. The summed E-state index contributed by atoms with van der Waals surface area (Å²) in [7, 11) is 0. The van der Waals surface area contributed by atoms with Gasteiger partial charge in [0.15, 0.2) is 6.61 Å². The summed E-state index contributed by atoms with van der Waals surface area (Å²) in [6.07, 6.45) is 3.28. The predicted octanol–water partition coefficient (Wildman–Crippen LogP) is 2.10. The number of carbonyl (C=O) groups is 1. The van der Waals surface area contributed by atoms with Crippen LogP contribution < -0.4 is 10.1 Å². The molecule has 0 radical (unpaired) electrons. The Morgan fingerprint density at radius 1 is 1.30 bits per heavy atom. The first kappa shape index (κ1) is 14.9. The van der Waals surface area contributed by atoms with Crippen molar-refractivity contribution in [1.29, 1.82) is 0 Å². The molecule has 20 heavy (non-hydrogen) atoms. The number of ether oxygens (including phenoxy) is 1. The maximum Gasteiger partial charge on any atom is 0.258 e. The smallest absolute Gasteiger partial charge is 0.258 e. The monoisotopic (exact) mass is 277 g/mol. The van der Waals surface area contributed by atoms with Crippen molar-refractivity contribution in [2.45, 2.75) is 51.7 Å². The van der Waals surface area contributed by atoms with Crippen LogP contribution in [0.25, 0.3) is 0 Å². The van der Waals surface area contributed by atoms with Crippen molar-refractivity contribution in [2.75, 3.05) is 6.61 Å². The van der Waals surface area contributed by atoms with Crippen molar-refractivity contribution in [1.82, 2.24) is 5.32 Å². The molecule has 2 N–H and O–H groups in total. The number of aliphatic hydroxyl groups is 1. The molecule has 110 valence electrons. The van der Waals surface area contributed by atoms with Crippen LogP contribution in [-0.4, -0.2) is 29.8 Å². The summed E-state index contributed by atoms with van der Waals surface area (Å²) in [5.41, 5.74) is 2.35. The third-order valence-corrected chi connectivity index (χ3v) is 3.92. The molecule has 1 aliphatic carbocycles. The Balaban J connectivity index is 1.81. The normalized spacial score (nSPS) is 22.4. The van der Waals surface area contributed by atoms with Gasteiger partial charge in [-0.15, -0.1) is 0 Å². The van der Waals surface area contributed by atoms with E-state index in [2.05, 4.69) is 5.32 Å². The minimum Gasteiger partial charge on any atom is -0.484 e. The Morgan fingerprint density at radius 2 is 2.05 bits per heavy atom. The van der Waals surface area contributed by atoms with Crippen LogP contribution in [0.15, 0.2) is 18.2 Å². The lowest BCUT2D eigenvalue weighted by molar-refractivity contribution is -0.125. The van der Waals surface area contributed by atoms with Gasteiger partial charge in [-0.05, 0) is 49.9 Å². The highest BCUT2D eigenvalue weighted by atomic mass is 16.5. The second-order valence-electron chi connectivity index (χ2n) is 5.56. The SMILES string of the molecule is Cc1ccc(OCC(=O)NC2CCCCC2O)cc1C. The second-order valence-corrected chi connectivity index (χ2v) is 5.56. The van der Waals surface area contributed by atoms with E-state index in [1.807, 2.05) is 32.0 Å². The van der Waals surface area contributed by atoms with Gasteiger partial charge in [-0.1, -0.05) is 18.9 Å². The average molecular weight is 277 g/mol. The molecule has 4 heteroatoms. The maximum absolute atomic E-state index is 11.8. The Kier molecular flexibility index (Phi) is 5.01. The molecule has 0 spiro atoms. The first-order valence-electron chi connectivity index (χ1n) is 7.24. The molecule has 1 fully saturated rings. The Bertz CT molecular complexity index is 473. The van der Waals surface area contributed by atoms with Gasteiger partial charge in [0, 0.05) is 0 Å². The fourth-order valence-corrected chi connectivity index (χ4v) is 2.48. The quantitative estimate of drug-likeness (QED) is 0.886. The van der Waals surface area contributed by atoms with E-state index in [1.165, 1.54) is 5.56 Å². The molecule has 0 bridgehead atoms. The molecule has 0 aromatic heterocycles. The molecule has 0 aliphatic heterocycles. The summed E-state index contributed by atoms with van der Waals surface area (Å²) >= 11 is 0. The van der Waals surface area contributed by atoms with E-state index in [9.17, 15) is 9.90 Å². The van der Waals surface area contributed by atoms with Gasteiger partial charge < -0.3 is 15.2 Å². The molecule has 4 nitrogen and oxygen atoms in total. The molecule has 1 aromatic rings. The summed E-state index contributed by atoms with van der Waals surface area (Å²) in [5, 5.41) is 12.7. The molecule has 1 amide bonds. The lowest BCUT2D eigenvalue weighted by atomic mass is 9.92. The van der Waals surface area contributed by atoms with Gasteiger partial charge in [0.1, 0.15) is 5.75 Å². The molecule has 2 atom stereocenters. The highest BCUT2D eigenvalue weighted by molar-refractivity contribution is 5.77. The number of nitrogens with one attached hydrogen (secondary N) is 1. The average Bonchev–Trinajstić information content (AvgIpc) is 2.43. The molecule has 1 saturated carbocycles. The second kappa shape index (κ2) is 6.75. The topological polar surface area (TPSA) is 58.6 Å². The highest BCUT2D eigenvalue weighted by Crippen LogP contribution is 2.19. The van der Waals surface area contributed by atoms with Crippen LogP contribution in [0.2, 0.25) is 0 Å². The van der Waals surface area contributed by atoms with E-state index in [0.717, 1.165) is 31.2 Å². The molecule has 2 unspecified atom stereocenters. The van der Waals surface area contributed by atoms with Crippen LogP contribution in [0.5, 0.6) is 5.75 Å². The first-order valence-corrected chi connectivity index (χ1v) is 7.24. The first-order chi connectivity index (χ1) is 9.56. The van der Waals surface area contributed by atoms with Gasteiger partial charge >= 0.3 is 0 Å². The fourth-order valence-electron chi connectivity index (χ4n) is 2.48. The predicted molar refractivity (Wildman–Crippen MR) is 77.8 cm³/mol. The van der Waals surface area contributed by atoms with Gasteiger partial charge in [0.05, 0.1) is 12.1 Å². The van der Waals surface area contributed by atoms with Crippen LogP contribution in [0.3, 0.4) is 0 Å². The Morgan fingerprint density at radius 3 is 2.75 bits per heavy atom. The molecule has 0 heterocycles. The van der Waals surface area contributed by atoms with E-state index in [-0.39, 0.29) is 18.6 Å². The fraction of sp³-hybridized carbons (Fsp3) is 0.562. The zero-order valence-electron chi connectivity index (χ0n) is 12.2. The van der Waals surface area contributed by atoms with Crippen LogP contribution in [0.1, 0.15) is 36.8 Å². The van der Waals surface area contributed by atoms with E-state index < -0.39 is 6.10 Å². The van der Waals surface area contributed by atoms with Gasteiger partial charge in [-0.3, -0.25) is 4.79 Å². The number of rotatable bonds is 4. The Labute approximate surface area is 120 Å². The number of carbonyl (C=O) groups excluding carboxylic acids is 1. The van der Waals surface area contributed by atoms with Crippen LogP contribution in [-0.2, 0) is 4.79 Å². The molecule has 0 saturated heterocycles. The molecule has 2 rings (SSSR count). The van der Waals surface area contributed by atoms with Crippen molar-refractivity contribution in [3.63, 3.8) is 0 Å². The van der Waals surface area contributed by atoms with E-state index in [4.69, 9.17) is 4.74 Å². The van der Waals surface area contributed by atoms with Crippen molar-refractivity contribution in [2.24, 2.45) is 0 Å². The van der Waals surface area contributed by atoms with Crippen molar-refractivity contribution in [3.8, 4) is 5.75 Å². The molecule has 1 aromatic carbocycles. The van der Waals surface area contributed by atoms with Crippen LogP contribution >= 0.6 is 0 Å². The third-order valence-electron chi connectivity index (χ3n) is 3.92. The summed E-state index contributed by atoms with van der Waals surface area (Å²) in [6.45, 7) is 4.04. The summed E-state index contributed by atoms with van der Waals surface area (Å²) in [4.78, 5) is 11.8. The Hall–Kier alpha value is -1.55. The third kappa shape index (κ3) is 3.97. The minimum absolute atomic E-state index is 0.00821. The zero-order valence-corrected chi connectivity index (χ0v) is 12.2. The summed E-state index contributed by atoms with van der Waals surface area (Å²) < 4.78 is 5.49. The number of amides is 1. The van der Waals surface area contributed by atoms with Gasteiger partial charge in [0.2, 0.25) is 0 Å². The van der Waals surface area contributed by atoms with Gasteiger partial charge in [-0.2, -0.15) is 0 Å². The highest BCUT2D eigenvalue weighted by Gasteiger charge is 2.24. The lowest BCUT2D eigenvalue weighted by Gasteiger charge is -2.28. The number of benzene rings is 1. The van der Waals surface area contributed by atoms with E-state index >= 15 is 0 Å². The lowest BCUT2D eigenvalue weighted by Crippen LogP contribution is -2.46. The summed E-state index contributed by atoms with van der Waals surface area (Å²) in [5.74, 6) is 0.529. The van der Waals surface area contributed by atoms with Crippen molar-refractivity contribution >= 4 is 5.91 Å². The van der Waals surface area contributed by atoms with Crippen LogP contribution in [0.4, 0.5) is 0 Å². The van der Waals surface area contributed by atoms with Gasteiger partial charge in [0.25, 0.3) is 5.91 Å². The molecular formula is C16H23NO3. The van der Waals surface area contributed by atoms with Crippen LogP contribution in [0, 0.1) is 13.8 Å². The van der Waals surface area contributed by atoms with E-state index in [0.29, 0.717) is 5.75 Å².